The molecule has 0 aliphatic carbocycles. The number of aliphatic hydroxyl groups is 1. The smallest absolute Gasteiger partial charge is 0.161 e. The van der Waals surface area contributed by atoms with Crippen LogP contribution in [0.25, 0.3) is 10.9 Å². The standard InChI is InChI=1S/C24H25N3O5/c1-2-16-11-17(8-9-21(16)30)27-24-19-12-23(22(31)13-20(19)25-15-26-24)32-10-6-4-3-5-7-18(29)14-28/h1,8-9,11-13,15,28,30-31H,3-7,10,14H2,(H,25,26,27). The van der Waals surface area contributed by atoms with Crippen LogP contribution in [-0.2, 0) is 4.79 Å². The molecular formula is C24H25N3O5. The van der Waals surface area contributed by atoms with Crippen LogP contribution < -0.4 is 10.1 Å². The Morgan fingerprint density at radius 3 is 2.66 bits per heavy atom. The molecule has 0 bridgehead atoms. The van der Waals surface area contributed by atoms with E-state index < -0.39 is 6.61 Å². The Morgan fingerprint density at radius 1 is 1.06 bits per heavy atom. The van der Waals surface area contributed by atoms with Crippen LogP contribution in [0.4, 0.5) is 11.5 Å². The first kappa shape index (κ1) is 22.8. The van der Waals surface area contributed by atoms with Crippen molar-refractivity contribution in [3.63, 3.8) is 0 Å². The molecule has 0 atom stereocenters. The molecule has 0 saturated heterocycles. The summed E-state index contributed by atoms with van der Waals surface area (Å²) in [5.41, 5.74) is 1.54. The third-order valence-corrected chi connectivity index (χ3v) is 4.91. The lowest BCUT2D eigenvalue weighted by atomic mass is 10.1. The van der Waals surface area contributed by atoms with E-state index in [0.29, 0.717) is 46.7 Å². The van der Waals surface area contributed by atoms with E-state index in [1.54, 1.807) is 18.2 Å². The molecule has 32 heavy (non-hydrogen) atoms. The number of nitrogens with one attached hydrogen (secondary N) is 1. The van der Waals surface area contributed by atoms with Gasteiger partial charge in [-0.15, -0.1) is 6.42 Å². The second-order valence-electron chi connectivity index (χ2n) is 7.27. The van der Waals surface area contributed by atoms with E-state index in [4.69, 9.17) is 16.3 Å². The lowest BCUT2D eigenvalue weighted by Crippen LogP contribution is -2.03. The molecule has 0 saturated carbocycles. The van der Waals surface area contributed by atoms with E-state index in [9.17, 15) is 15.0 Å². The first-order valence-electron chi connectivity index (χ1n) is 10.3. The summed E-state index contributed by atoms with van der Waals surface area (Å²) in [6.45, 7) is 0.00961. The summed E-state index contributed by atoms with van der Waals surface area (Å²) in [6.07, 6.45) is 10.4. The van der Waals surface area contributed by atoms with Gasteiger partial charge in [0.15, 0.2) is 17.3 Å². The van der Waals surface area contributed by atoms with Crippen molar-refractivity contribution in [2.45, 2.75) is 32.1 Å². The van der Waals surface area contributed by atoms with Gasteiger partial charge in [0.2, 0.25) is 0 Å². The van der Waals surface area contributed by atoms with Gasteiger partial charge in [-0.1, -0.05) is 18.8 Å². The predicted octanol–water partition coefficient (Wildman–Crippen LogP) is 3.66. The Hall–Kier alpha value is -3.83. The van der Waals surface area contributed by atoms with Crippen molar-refractivity contribution >= 4 is 28.2 Å². The number of terminal acetylenes is 1. The van der Waals surface area contributed by atoms with Gasteiger partial charge in [-0.05, 0) is 37.1 Å². The number of phenols is 2. The number of aromatic nitrogens is 2. The lowest BCUT2D eigenvalue weighted by Gasteiger charge is -2.12. The molecule has 0 radical (unpaired) electrons. The number of ketones is 1. The van der Waals surface area contributed by atoms with Crippen LogP contribution in [0.15, 0.2) is 36.7 Å². The minimum absolute atomic E-state index is 0.0186. The number of fused-ring (bicyclic) bond motifs is 1. The van der Waals surface area contributed by atoms with E-state index in [1.807, 2.05) is 0 Å². The lowest BCUT2D eigenvalue weighted by molar-refractivity contribution is -0.121. The van der Waals surface area contributed by atoms with Crippen molar-refractivity contribution in [2.75, 3.05) is 18.5 Å². The number of hydrogen-bond acceptors (Lipinski definition) is 8. The molecule has 3 aromatic rings. The first-order valence-corrected chi connectivity index (χ1v) is 10.3. The van der Waals surface area contributed by atoms with Gasteiger partial charge in [0.25, 0.3) is 0 Å². The van der Waals surface area contributed by atoms with E-state index in [2.05, 4.69) is 21.2 Å². The molecule has 0 amide bonds. The zero-order valence-electron chi connectivity index (χ0n) is 17.5. The number of unbranched alkanes of at least 4 members (excludes halogenated alkanes) is 3. The van der Waals surface area contributed by atoms with Crippen LogP contribution >= 0.6 is 0 Å². The number of phenolic OH excluding ortho intramolecular Hbond substituents is 2. The van der Waals surface area contributed by atoms with Crippen molar-refractivity contribution in [3.05, 3.63) is 42.2 Å². The summed E-state index contributed by atoms with van der Waals surface area (Å²) in [4.78, 5) is 19.6. The zero-order chi connectivity index (χ0) is 22.9. The van der Waals surface area contributed by atoms with Crippen LogP contribution in [0.3, 0.4) is 0 Å². The fourth-order valence-corrected chi connectivity index (χ4v) is 3.19. The van der Waals surface area contributed by atoms with Gasteiger partial charge in [-0.3, -0.25) is 4.79 Å². The van der Waals surface area contributed by atoms with Crippen molar-refractivity contribution in [1.29, 1.82) is 0 Å². The van der Waals surface area contributed by atoms with E-state index >= 15 is 0 Å². The number of benzene rings is 2. The van der Waals surface area contributed by atoms with Crippen molar-refractivity contribution < 1.29 is 24.9 Å². The average molecular weight is 435 g/mol. The van der Waals surface area contributed by atoms with Crippen LogP contribution in [-0.4, -0.2) is 44.3 Å². The monoisotopic (exact) mass is 435 g/mol. The Bertz CT molecular complexity index is 1140. The highest BCUT2D eigenvalue weighted by molar-refractivity contribution is 5.93. The number of carbonyl (C=O) groups excluding carboxylic acids is 1. The predicted molar refractivity (Wildman–Crippen MR) is 121 cm³/mol. The largest absolute Gasteiger partial charge is 0.507 e. The fraction of sp³-hybridized carbons (Fsp3) is 0.292. The normalized spacial score (nSPS) is 10.6. The number of Topliss-reactive ketones (excluding diaryl/α,β-unsaturated/α-hetero) is 1. The van der Waals surface area contributed by atoms with Crippen LogP contribution in [0.2, 0.25) is 0 Å². The van der Waals surface area contributed by atoms with Gasteiger partial charge in [-0.25, -0.2) is 9.97 Å². The van der Waals surface area contributed by atoms with Gasteiger partial charge in [0.05, 0.1) is 17.7 Å². The summed E-state index contributed by atoms with van der Waals surface area (Å²) in [7, 11) is 0. The highest BCUT2D eigenvalue weighted by atomic mass is 16.5. The molecule has 0 fully saturated rings. The summed E-state index contributed by atoms with van der Waals surface area (Å²) < 4.78 is 5.75. The molecule has 1 heterocycles. The van der Waals surface area contributed by atoms with Gasteiger partial charge >= 0.3 is 0 Å². The van der Waals surface area contributed by atoms with Crippen LogP contribution in [0.5, 0.6) is 17.2 Å². The highest BCUT2D eigenvalue weighted by Gasteiger charge is 2.11. The number of aliphatic hydroxyl groups excluding tert-OH is 1. The van der Waals surface area contributed by atoms with E-state index in [1.165, 1.54) is 18.5 Å². The van der Waals surface area contributed by atoms with E-state index in [0.717, 1.165) is 25.7 Å². The molecule has 8 heteroatoms. The Balaban J connectivity index is 1.67. The number of aromatic hydroxyl groups is 2. The van der Waals surface area contributed by atoms with Crippen molar-refractivity contribution in [1.82, 2.24) is 9.97 Å². The Morgan fingerprint density at radius 2 is 1.88 bits per heavy atom. The number of nitrogens with zero attached hydrogens (tertiary/aromatic N) is 2. The summed E-state index contributed by atoms with van der Waals surface area (Å²) >= 11 is 0. The summed E-state index contributed by atoms with van der Waals surface area (Å²) in [5.74, 6) is 3.10. The third-order valence-electron chi connectivity index (χ3n) is 4.91. The average Bonchev–Trinajstić information content (AvgIpc) is 2.80. The van der Waals surface area contributed by atoms with Crippen molar-refractivity contribution in [2.24, 2.45) is 0 Å². The molecule has 3 rings (SSSR count). The van der Waals surface area contributed by atoms with Gasteiger partial charge < -0.3 is 25.4 Å². The molecule has 0 spiro atoms. The molecule has 8 nitrogen and oxygen atoms in total. The fourth-order valence-electron chi connectivity index (χ4n) is 3.19. The molecule has 2 aromatic carbocycles. The van der Waals surface area contributed by atoms with Gasteiger partial charge in [-0.2, -0.15) is 0 Å². The molecule has 0 aliphatic rings. The first-order chi connectivity index (χ1) is 15.5. The zero-order valence-corrected chi connectivity index (χ0v) is 17.5. The van der Waals surface area contributed by atoms with Crippen molar-refractivity contribution in [3.8, 4) is 29.6 Å². The van der Waals surface area contributed by atoms with Gasteiger partial charge in [0.1, 0.15) is 24.5 Å². The second-order valence-corrected chi connectivity index (χ2v) is 7.27. The van der Waals surface area contributed by atoms with Crippen LogP contribution in [0, 0.1) is 12.3 Å². The molecular weight excluding hydrogens is 410 g/mol. The molecule has 1 aromatic heterocycles. The quantitative estimate of drug-likeness (QED) is 0.204. The minimum atomic E-state index is -0.400. The summed E-state index contributed by atoms with van der Waals surface area (Å²) in [5, 5.41) is 32.6. The number of carbonyl (C=O) groups is 1. The number of ether oxygens (including phenoxy) is 1. The minimum Gasteiger partial charge on any atom is -0.507 e. The second kappa shape index (κ2) is 11.0. The topological polar surface area (TPSA) is 125 Å². The maximum atomic E-state index is 11.1. The summed E-state index contributed by atoms with van der Waals surface area (Å²) in [6, 6.07) is 8.00. The molecule has 0 aliphatic heterocycles. The maximum absolute atomic E-state index is 11.1. The molecule has 166 valence electrons. The Labute approximate surface area is 185 Å². The Kier molecular flexibility index (Phi) is 7.84. The highest BCUT2D eigenvalue weighted by Crippen LogP contribution is 2.34. The van der Waals surface area contributed by atoms with Gasteiger partial charge in [0, 0.05) is 23.6 Å². The van der Waals surface area contributed by atoms with Crippen LogP contribution in [0.1, 0.15) is 37.7 Å². The third kappa shape index (κ3) is 5.86. The number of hydrogen-bond donors (Lipinski definition) is 4. The molecule has 0 unspecified atom stereocenters. The maximum Gasteiger partial charge on any atom is 0.161 e. The number of rotatable bonds is 11. The van der Waals surface area contributed by atoms with E-state index in [-0.39, 0.29) is 17.3 Å². The molecule has 4 N–H and O–H groups in total. The SMILES string of the molecule is C#Cc1cc(Nc2ncnc3cc(O)c(OCCCCCCC(=O)CO)cc23)ccc1O. The number of anilines is 2.